The van der Waals surface area contributed by atoms with E-state index >= 15 is 0 Å². The normalized spacial score (nSPS) is 15.2. The topological polar surface area (TPSA) is 91.6 Å². The summed E-state index contributed by atoms with van der Waals surface area (Å²) in [7, 11) is 0. The summed E-state index contributed by atoms with van der Waals surface area (Å²) in [6, 6.07) is 6.90. The summed E-state index contributed by atoms with van der Waals surface area (Å²) in [5, 5.41) is 6.64. The number of amides is 2. The van der Waals surface area contributed by atoms with Crippen molar-refractivity contribution in [1.82, 2.24) is 25.3 Å². The summed E-state index contributed by atoms with van der Waals surface area (Å²) >= 11 is 0. The van der Waals surface area contributed by atoms with Gasteiger partial charge in [0.2, 0.25) is 0 Å². The molecular formula is C17H21N5O3. The van der Waals surface area contributed by atoms with Crippen molar-refractivity contribution in [1.29, 1.82) is 0 Å². The van der Waals surface area contributed by atoms with Crippen molar-refractivity contribution in [3.05, 3.63) is 47.6 Å². The summed E-state index contributed by atoms with van der Waals surface area (Å²) in [6.45, 7) is 5.86. The molecule has 1 N–H and O–H groups in total. The van der Waals surface area contributed by atoms with Crippen LogP contribution in [0.3, 0.4) is 0 Å². The molecule has 0 bridgehead atoms. The Morgan fingerprint density at radius 1 is 1.20 bits per heavy atom. The Morgan fingerprint density at radius 3 is 2.64 bits per heavy atom. The maximum absolute atomic E-state index is 12.3. The number of pyridine rings is 1. The van der Waals surface area contributed by atoms with Gasteiger partial charge in [0.1, 0.15) is 11.5 Å². The van der Waals surface area contributed by atoms with Crippen LogP contribution in [0.5, 0.6) is 0 Å². The molecule has 132 valence electrons. The van der Waals surface area contributed by atoms with Crippen LogP contribution in [0.2, 0.25) is 0 Å². The fourth-order valence-corrected chi connectivity index (χ4v) is 2.72. The predicted molar refractivity (Wildman–Crippen MR) is 90.2 cm³/mol. The first-order chi connectivity index (χ1) is 12.1. The molecule has 2 aromatic heterocycles. The molecule has 1 fully saturated rings. The summed E-state index contributed by atoms with van der Waals surface area (Å²) in [5.74, 6) is 0.362. The molecule has 3 rings (SSSR count). The van der Waals surface area contributed by atoms with Gasteiger partial charge in [0.15, 0.2) is 5.69 Å². The Kier molecular flexibility index (Phi) is 5.39. The number of nitrogens with zero attached hydrogens (tertiary/aromatic N) is 4. The Balaban J connectivity index is 1.39. The van der Waals surface area contributed by atoms with E-state index in [9.17, 15) is 9.59 Å². The first kappa shape index (κ1) is 17.1. The zero-order valence-corrected chi connectivity index (χ0v) is 14.1. The first-order valence-corrected chi connectivity index (χ1v) is 8.27. The minimum absolute atomic E-state index is 0.0973. The average Bonchev–Trinajstić information content (AvgIpc) is 3.09. The molecular weight excluding hydrogens is 322 g/mol. The van der Waals surface area contributed by atoms with Crippen molar-refractivity contribution < 1.29 is 14.1 Å². The van der Waals surface area contributed by atoms with Crippen LogP contribution < -0.4 is 5.32 Å². The molecule has 8 nitrogen and oxygen atoms in total. The van der Waals surface area contributed by atoms with E-state index in [0.29, 0.717) is 36.8 Å². The lowest BCUT2D eigenvalue weighted by Crippen LogP contribution is -2.50. The maximum atomic E-state index is 12.3. The number of aromatic nitrogens is 2. The second-order valence-corrected chi connectivity index (χ2v) is 5.93. The van der Waals surface area contributed by atoms with Crippen LogP contribution in [0.15, 0.2) is 35.0 Å². The van der Waals surface area contributed by atoms with Crippen LogP contribution in [0.25, 0.3) is 0 Å². The molecule has 2 aromatic rings. The van der Waals surface area contributed by atoms with Crippen LogP contribution in [0.1, 0.15) is 26.7 Å². The van der Waals surface area contributed by atoms with Gasteiger partial charge in [0.05, 0.1) is 0 Å². The van der Waals surface area contributed by atoms with Crippen molar-refractivity contribution in [3.63, 3.8) is 0 Å². The maximum Gasteiger partial charge on any atom is 0.276 e. The lowest BCUT2D eigenvalue weighted by Gasteiger charge is -2.34. The van der Waals surface area contributed by atoms with Crippen molar-refractivity contribution in [3.8, 4) is 0 Å². The minimum Gasteiger partial charge on any atom is -0.361 e. The smallest absolute Gasteiger partial charge is 0.276 e. The summed E-state index contributed by atoms with van der Waals surface area (Å²) < 4.78 is 4.96. The molecule has 1 saturated heterocycles. The predicted octanol–water partition coefficient (Wildman–Crippen LogP) is 0.566. The Labute approximate surface area is 145 Å². The van der Waals surface area contributed by atoms with E-state index < -0.39 is 0 Å². The molecule has 0 atom stereocenters. The van der Waals surface area contributed by atoms with Gasteiger partial charge in [-0.1, -0.05) is 11.2 Å². The van der Waals surface area contributed by atoms with Crippen LogP contribution in [0.4, 0.5) is 0 Å². The van der Waals surface area contributed by atoms with Crippen molar-refractivity contribution in [2.24, 2.45) is 0 Å². The summed E-state index contributed by atoms with van der Waals surface area (Å²) in [4.78, 5) is 32.2. The van der Waals surface area contributed by atoms with E-state index in [4.69, 9.17) is 4.52 Å². The Bertz CT molecular complexity index is 723. The molecule has 0 unspecified atom stereocenters. The quantitative estimate of drug-likeness (QED) is 0.853. The van der Waals surface area contributed by atoms with Crippen LogP contribution in [0, 0.1) is 6.92 Å². The van der Waals surface area contributed by atoms with Gasteiger partial charge in [-0.25, -0.2) is 0 Å². The molecule has 0 radical (unpaired) electrons. The number of piperazine rings is 1. The van der Waals surface area contributed by atoms with E-state index in [0.717, 1.165) is 19.6 Å². The van der Waals surface area contributed by atoms with E-state index in [2.05, 4.69) is 20.4 Å². The molecule has 8 heteroatoms. The monoisotopic (exact) mass is 343 g/mol. The lowest BCUT2D eigenvalue weighted by atomic mass is 10.2. The molecule has 1 aliphatic heterocycles. The zero-order chi connectivity index (χ0) is 17.6. The third-order valence-corrected chi connectivity index (χ3v) is 4.12. The van der Waals surface area contributed by atoms with E-state index in [1.807, 2.05) is 0 Å². The van der Waals surface area contributed by atoms with Gasteiger partial charge >= 0.3 is 0 Å². The van der Waals surface area contributed by atoms with Crippen molar-refractivity contribution in [2.75, 3.05) is 39.3 Å². The highest BCUT2D eigenvalue weighted by molar-refractivity contribution is 5.92. The largest absolute Gasteiger partial charge is 0.361 e. The molecule has 0 saturated carbocycles. The van der Waals surface area contributed by atoms with Crippen LogP contribution >= 0.6 is 0 Å². The highest BCUT2D eigenvalue weighted by Gasteiger charge is 2.24. The molecule has 25 heavy (non-hydrogen) atoms. The van der Waals surface area contributed by atoms with Gasteiger partial charge in [-0.2, -0.15) is 0 Å². The first-order valence-electron chi connectivity index (χ1n) is 8.27. The third kappa shape index (κ3) is 4.42. The highest BCUT2D eigenvalue weighted by atomic mass is 16.5. The fraction of sp³-hybridized carbons (Fsp3) is 0.412. The number of aryl methyl sites for hydroxylation is 1. The second kappa shape index (κ2) is 7.89. The van der Waals surface area contributed by atoms with Gasteiger partial charge in [-0.15, -0.1) is 0 Å². The molecule has 0 spiro atoms. The van der Waals surface area contributed by atoms with Gasteiger partial charge < -0.3 is 14.7 Å². The second-order valence-electron chi connectivity index (χ2n) is 5.93. The van der Waals surface area contributed by atoms with Gasteiger partial charge in [-0.3, -0.25) is 19.5 Å². The van der Waals surface area contributed by atoms with E-state index in [-0.39, 0.29) is 11.8 Å². The lowest BCUT2D eigenvalue weighted by molar-refractivity contribution is 0.0628. The van der Waals surface area contributed by atoms with E-state index in [1.165, 1.54) is 0 Å². The number of nitrogens with one attached hydrogen (secondary N) is 1. The van der Waals surface area contributed by atoms with E-state index in [1.54, 1.807) is 42.3 Å². The number of hydrogen-bond acceptors (Lipinski definition) is 6. The minimum atomic E-state index is -0.171. The average molecular weight is 343 g/mol. The number of carbonyl (C=O) groups excluding carboxylic acids is 2. The van der Waals surface area contributed by atoms with Crippen LogP contribution in [-0.2, 0) is 0 Å². The number of hydrogen-bond donors (Lipinski definition) is 1. The molecule has 2 amide bonds. The van der Waals surface area contributed by atoms with Crippen LogP contribution in [-0.4, -0.2) is 71.0 Å². The standard InChI is InChI=1S/C17H21N5O3/c1-13-12-15(20-25-13)17(24)22-10-8-21(9-11-22)7-6-19-16(23)14-4-2-3-5-18-14/h2-5,12H,6-11H2,1H3,(H,19,23). The molecule has 0 aromatic carbocycles. The Hall–Kier alpha value is -2.74. The SMILES string of the molecule is Cc1cc(C(=O)N2CCN(CCNC(=O)c3ccccn3)CC2)no1. The van der Waals surface area contributed by atoms with Crippen molar-refractivity contribution >= 4 is 11.8 Å². The molecule has 3 heterocycles. The van der Waals surface area contributed by atoms with Gasteiger partial charge in [0, 0.05) is 51.5 Å². The van der Waals surface area contributed by atoms with Gasteiger partial charge in [0.25, 0.3) is 11.8 Å². The molecule has 1 aliphatic rings. The Morgan fingerprint density at radius 2 is 2.00 bits per heavy atom. The summed E-state index contributed by atoms with van der Waals surface area (Å²) in [6.07, 6.45) is 1.60. The number of rotatable bonds is 5. The highest BCUT2D eigenvalue weighted by Crippen LogP contribution is 2.09. The van der Waals surface area contributed by atoms with Crippen molar-refractivity contribution in [2.45, 2.75) is 6.92 Å². The van der Waals surface area contributed by atoms with Gasteiger partial charge in [-0.05, 0) is 19.1 Å². The molecule has 0 aliphatic carbocycles. The zero-order valence-electron chi connectivity index (χ0n) is 14.1. The fourth-order valence-electron chi connectivity index (χ4n) is 2.72. The number of carbonyl (C=O) groups is 2. The third-order valence-electron chi connectivity index (χ3n) is 4.12. The summed E-state index contributed by atoms with van der Waals surface area (Å²) in [5.41, 5.74) is 0.773.